The average molecular weight is 313 g/mol. The summed E-state index contributed by atoms with van der Waals surface area (Å²) in [5.41, 5.74) is 9.52. The summed E-state index contributed by atoms with van der Waals surface area (Å²) in [5.74, 6) is 0. The molecule has 0 fully saturated rings. The summed E-state index contributed by atoms with van der Waals surface area (Å²) >= 11 is 3.48. The molecule has 1 unspecified atom stereocenters. The summed E-state index contributed by atoms with van der Waals surface area (Å²) < 4.78 is 1.04. The third-order valence-electron chi connectivity index (χ3n) is 3.19. The van der Waals surface area contributed by atoms with Gasteiger partial charge in [-0.25, -0.2) is 0 Å². The first kappa shape index (κ1) is 12.3. The molecule has 2 aromatic carbocycles. The smallest absolute Gasteiger partial charge is 0.0702 e. The zero-order valence-electron chi connectivity index (χ0n) is 10.3. The summed E-state index contributed by atoms with van der Waals surface area (Å²) in [6.45, 7) is 0. The predicted molar refractivity (Wildman–Crippen MR) is 81.9 cm³/mol. The summed E-state index contributed by atoms with van der Waals surface area (Å²) in [6, 6.07) is 18.1. The Kier molecular flexibility index (Phi) is 3.32. The van der Waals surface area contributed by atoms with E-state index in [-0.39, 0.29) is 6.04 Å². The number of halogens is 1. The normalized spacial score (nSPS) is 12.5. The van der Waals surface area contributed by atoms with Gasteiger partial charge in [-0.1, -0.05) is 40.2 Å². The number of hydrogen-bond acceptors (Lipinski definition) is 2. The zero-order valence-corrected chi connectivity index (χ0v) is 11.8. The number of pyridine rings is 1. The second-order valence-electron chi connectivity index (χ2n) is 4.49. The van der Waals surface area contributed by atoms with E-state index in [1.807, 2.05) is 36.4 Å². The zero-order chi connectivity index (χ0) is 13.2. The van der Waals surface area contributed by atoms with Crippen LogP contribution in [0.5, 0.6) is 0 Å². The lowest BCUT2D eigenvalue weighted by molar-refractivity contribution is 0.872. The molecule has 0 amide bonds. The van der Waals surface area contributed by atoms with Crippen molar-refractivity contribution in [3.8, 4) is 0 Å². The van der Waals surface area contributed by atoms with Crippen molar-refractivity contribution in [2.75, 3.05) is 0 Å². The molecule has 0 saturated carbocycles. The molecule has 3 aromatic rings. The number of fused-ring (bicyclic) bond motifs is 1. The van der Waals surface area contributed by atoms with Crippen LogP contribution in [0.2, 0.25) is 0 Å². The van der Waals surface area contributed by atoms with Gasteiger partial charge in [-0.05, 0) is 41.5 Å². The summed E-state index contributed by atoms with van der Waals surface area (Å²) in [4.78, 5) is 4.32. The van der Waals surface area contributed by atoms with Gasteiger partial charge in [-0.2, -0.15) is 0 Å². The number of nitrogens with zero attached hydrogens (tertiary/aromatic N) is 1. The molecule has 0 spiro atoms. The van der Waals surface area contributed by atoms with E-state index >= 15 is 0 Å². The van der Waals surface area contributed by atoms with E-state index in [1.165, 1.54) is 0 Å². The average Bonchev–Trinajstić information content (AvgIpc) is 2.46. The van der Waals surface area contributed by atoms with Gasteiger partial charge < -0.3 is 5.73 Å². The quantitative estimate of drug-likeness (QED) is 0.775. The number of benzene rings is 2. The molecule has 1 atom stereocenters. The Morgan fingerprint density at radius 3 is 2.63 bits per heavy atom. The molecule has 1 heterocycles. The van der Waals surface area contributed by atoms with Crippen molar-refractivity contribution in [1.29, 1.82) is 0 Å². The maximum absolute atomic E-state index is 6.33. The van der Waals surface area contributed by atoms with E-state index in [2.05, 4.69) is 39.1 Å². The lowest BCUT2D eigenvalue weighted by atomic mass is 9.98. The molecule has 3 rings (SSSR count). The van der Waals surface area contributed by atoms with Gasteiger partial charge in [0.15, 0.2) is 0 Å². The fraction of sp³-hybridized carbons (Fsp3) is 0.0625. The molecule has 94 valence electrons. The molecule has 0 radical (unpaired) electrons. The number of nitrogens with two attached hydrogens (primary N) is 1. The van der Waals surface area contributed by atoms with Crippen LogP contribution in [0, 0.1) is 0 Å². The molecule has 0 bridgehead atoms. The largest absolute Gasteiger partial charge is 0.320 e. The van der Waals surface area contributed by atoms with E-state index in [0.29, 0.717) is 0 Å². The van der Waals surface area contributed by atoms with Crippen molar-refractivity contribution >= 4 is 26.8 Å². The van der Waals surface area contributed by atoms with Gasteiger partial charge in [-0.3, -0.25) is 4.98 Å². The minimum atomic E-state index is -0.123. The Morgan fingerprint density at radius 1 is 0.947 bits per heavy atom. The minimum Gasteiger partial charge on any atom is -0.320 e. The first-order valence-electron chi connectivity index (χ1n) is 6.10. The summed E-state index contributed by atoms with van der Waals surface area (Å²) in [7, 11) is 0. The van der Waals surface area contributed by atoms with Crippen molar-refractivity contribution in [2.24, 2.45) is 5.73 Å². The van der Waals surface area contributed by atoms with Gasteiger partial charge in [0.1, 0.15) is 0 Å². The van der Waals surface area contributed by atoms with Crippen LogP contribution in [0.3, 0.4) is 0 Å². The van der Waals surface area contributed by atoms with Crippen LogP contribution in [0.25, 0.3) is 10.9 Å². The second-order valence-corrected chi connectivity index (χ2v) is 5.40. The maximum atomic E-state index is 6.33. The first-order valence-corrected chi connectivity index (χ1v) is 6.89. The minimum absolute atomic E-state index is 0.123. The van der Waals surface area contributed by atoms with Gasteiger partial charge in [0, 0.05) is 16.1 Å². The lowest BCUT2D eigenvalue weighted by Crippen LogP contribution is -2.11. The van der Waals surface area contributed by atoms with Crippen molar-refractivity contribution in [2.45, 2.75) is 6.04 Å². The van der Waals surface area contributed by atoms with Crippen LogP contribution in [0.15, 0.2) is 65.3 Å². The van der Waals surface area contributed by atoms with Gasteiger partial charge >= 0.3 is 0 Å². The van der Waals surface area contributed by atoms with E-state index < -0.39 is 0 Å². The molecule has 0 aliphatic carbocycles. The highest BCUT2D eigenvalue weighted by atomic mass is 79.9. The fourth-order valence-corrected chi connectivity index (χ4v) is 2.60. The molecule has 3 heteroatoms. The fourth-order valence-electron chi connectivity index (χ4n) is 2.18. The van der Waals surface area contributed by atoms with E-state index in [0.717, 1.165) is 26.5 Å². The van der Waals surface area contributed by atoms with E-state index in [1.54, 1.807) is 6.20 Å². The van der Waals surface area contributed by atoms with Gasteiger partial charge in [0.2, 0.25) is 0 Å². The predicted octanol–water partition coefficient (Wildman–Crippen LogP) is 4.05. The Balaban J connectivity index is 2.04. The second kappa shape index (κ2) is 5.11. The molecule has 2 N–H and O–H groups in total. The van der Waals surface area contributed by atoms with Crippen molar-refractivity contribution in [1.82, 2.24) is 4.98 Å². The van der Waals surface area contributed by atoms with E-state index in [9.17, 15) is 0 Å². The standard InChI is InChI=1S/C16H13BrN2/c17-14-5-1-3-12(10-14)16(18)13-6-7-15-11(9-13)4-2-8-19-15/h1-10,16H,18H2. The lowest BCUT2D eigenvalue weighted by Gasteiger charge is -2.13. The number of hydrogen-bond donors (Lipinski definition) is 1. The first-order chi connectivity index (χ1) is 9.24. The Bertz CT molecular complexity index is 725. The van der Waals surface area contributed by atoms with Crippen LogP contribution in [-0.4, -0.2) is 4.98 Å². The van der Waals surface area contributed by atoms with E-state index in [4.69, 9.17) is 5.73 Å². The van der Waals surface area contributed by atoms with Gasteiger partial charge in [-0.15, -0.1) is 0 Å². The van der Waals surface area contributed by atoms with Crippen LogP contribution >= 0.6 is 15.9 Å². The highest BCUT2D eigenvalue weighted by Crippen LogP contribution is 2.24. The highest BCUT2D eigenvalue weighted by molar-refractivity contribution is 9.10. The highest BCUT2D eigenvalue weighted by Gasteiger charge is 2.09. The molecule has 19 heavy (non-hydrogen) atoms. The molecule has 2 nitrogen and oxygen atoms in total. The number of rotatable bonds is 2. The molecule has 0 aliphatic rings. The third kappa shape index (κ3) is 2.53. The van der Waals surface area contributed by atoms with Crippen LogP contribution in [0.1, 0.15) is 17.2 Å². The van der Waals surface area contributed by atoms with Crippen LogP contribution in [0.4, 0.5) is 0 Å². The van der Waals surface area contributed by atoms with Crippen molar-refractivity contribution in [3.05, 3.63) is 76.4 Å². The van der Waals surface area contributed by atoms with Crippen molar-refractivity contribution in [3.63, 3.8) is 0 Å². The third-order valence-corrected chi connectivity index (χ3v) is 3.69. The van der Waals surface area contributed by atoms with Crippen LogP contribution in [-0.2, 0) is 0 Å². The Hall–Kier alpha value is -1.71. The molecule has 0 aliphatic heterocycles. The Labute approximate surface area is 120 Å². The maximum Gasteiger partial charge on any atom is 0.0702 e. The monoisotopic (exact) mass is 312 g/mol. The van der Waals surface area contributed by atoms with Gasteiger partial charge in [0.05, 0.1) is 11.6 Å². The molecular formula is C16H13BrN2. The SMILES string of the molecule is NC(c1cccc(Br)c1)c1ccc2ncccc2c1. The number of aromatic nitrogens is 1. The van der Waals surface area contributed by atoms with Crippen LogP contribution < -0.4 is 5.73 Å². The molecule has 1 aromatic heterocycles. The molecular weight excluding hydrogens is 300 g/mol. The van der Waals surface area contributed by atoms with Crippen molar-refractivity contribution < 1.29 is 0 Å². The topological polar surface area (TPSA) is 38.9 Å². The Morgan fingerprint density at radius 2 is 1.79 bits per heavy atom. The molecule has 0 saturated heterocycles. The summed E-state index contributed by atoms with van der Waals surface area (Å²) in [5, 5.41) is 1.12. The summed E-state index contributed by atoms with van der Waals surface area (Å²) in [6.07, 6.45) is 1.80. The van der Waals surface area contributed by atoms with Gasteiger partial charge in [0.25, 0.3) is 0 Å².